The van der Waals surface area contributed by atoms with Gasteiger partial charge >= 0.3 is 17.9 Å². The van der Waals surface area contributed by atoms with E-state index in [0.717, 1.165) is 43.6 Å². The molecular weight excluding hydrogens is 909 g/mol. The van der Waals surface area contributed by atoms with Crippen LogP contribution in [0.15, 0.2) is 72.3 Å². The number of ether oxygens (including phenoxy) is 4. The lowest BCUT2D eigenvalue weighted by Crippen LogP contribution is -2.81. The summed E-state index contributed by atoms with van der Waals surface area (Å²) in [4.78, 5) is 72.9. The van der Waals surface area contributed by atoms with E-state index in [0.29, 0.717) is 88.1 Å². The Bertz CT molecular complexity index is 3010. The molecule has 3 aromatic carbocycles. The molecule has 368 valence electrons. The number of aliphatic hydroxyl groups is 1. The zero-order valence-corrected chi connectivity index (χ0v) is 41.7. The van der Waals surface area contributed by atoms with E-state index in [1.807, 2.05) is 61.3 Å². The van der Waals surface area contributed by atoms with Crippen molar-refractivity contribution >= 4 is 62.0 Å². The molecule has 16 heteroatoms. The third kappa shape index (κ3) is 6.30. The number of rotatable bonds is 9. The van der Waals surface area contributed by atoms with Crippen molar-refractivity contribution in [3.63, 3.8) is 0 Å². The molecule has 1 unspecified atom stereocenters. The van der Waals surface area contributed by atoms with E-state index in [1.54, 1.807) is 12.6 Å². The zero-order chi connectivity index (χ0) is 49.1. The van der Waals surface area contributed by atoms with E-state index in [-0.39, 0.29) is 17.9 Å². The van der Waals surface area contributed by atoms with Crippen LogP contribution in [0.3, 0.4) is 0 Å². The van der Waals surface area contributed by atoms with E-state index < -0.39 is 57.4 Å². The van der Waals surface area contributed by atoms with Crippen LogP contribution >= 0.6 is 11.3 Å². The highest BCUT2D eigenvalue weighted by atomic mass is 32.1. The highest BCUT2D eigenvalue weighted by molar-refractivity contribution is 7.16. The molecule has 1 spiro atoms. The van der Waals surface area contributed by atoms with Gasteiger partial charge in [0.2, 0.25) is 5.60 Å². The minimum atomic E-state index is -2.33. The van der Waals surface area contributed by atoms with Gasteiger partial charge < -0.3 is 44.2 Å². The third-order valence-corrected chi connectivity index (χ3v) is 18.4. The van der Waals surface area contributed by atoms with Crippen molar-refractivity contribution in [3.05, 3.63) is 100 Å². The Hall–Kier alpha value is -5.81. The molecule has 3 fully saturated rings. The Kier molecular flexibility index (Phi) is 11.1. The molecule has 3 N–H and O–H groups in total. The fourth-order valence-electron chi connectivity index (χ4n) is 15.0. The topological polar surface area (TPSA) is 176 Å². The molecule has 2 saturated heterocycles. The molecule has 2 aromatic heterocycles. The number of hydrogen-bond acceptors (Lipinski definition) is 14. The summed E-state index contributed by atoms with van der Waals surface area (Å²) < 4.78 is 25.3. The van der Waals surface area contributed by atoms with Gasteiger partial charge in [-0.25, -0.2) is 9.78 Å². The first-order valence-electron chi connectivity index (χ1n) is 24.6. The van der Waals surface area contributed by atoms with Gasteiger partial charge in [-0.05, 0) is 92.4 Å². The standard InChI is InChI=1S/C54H62N6O9S/c1-8-50(57-44(62)33-15-16-42-39(23-33)55-30-70-42)26-32-27-53(48(63)67-6,43-35(17-21-59(28-32)29-50)34-13-10-11-14-38(34)56-43)37-24-36-40(25-41(37)66-5)58(4)46-52(36)19-22-60-20-12-18-51(9-2,45(52)60)47(69-31(3)61)54(46,65)49(64)68-7/h10-16,18,23-25,30,32,45-47,56,65H,8-9,17,19-22,26-29H2,1-7H3,(H,57,62)/t32-,45+,46-,47-,50+,51-,52-,53+,54+/m1/s1. The fourth-order valence-corrected chi connectivity index (χ4v) is 15.7. The number of nitrogens with zero attached hydrogens (tertiary/aromatic N) is 4. The number of aromatic nitrogens is 2. The number of amides is 1. The molecule has 7 heterocycles. The number of aromatic amines is 1. The summed E-state index contributed by atoms with van der Waals surface area (Å²) in [7, 11) is 6.17. The summed E-state index contributed by atoms with van der Waals surface area (Å²) in [6.07, 6.45) is 5.97. The number of para-hydroxylation sites is 1. The normalized spacial score (nSPS) is 33.0. The first-order chi connectivity index (χ1) is 33.7. The largest absolute Gasteiger partial charge is 0.496 e. The van der Waals surface area contributed by atoms with Gasteiger partial charge in [-0.15, -0.1) is 11.3 Å². The van der Waals surface area contributed by atoms with Gasteiger partial charge in [-0.3, -0.25) is 19.3 Å². The summed E-state index contributed by atoms with van der Waals surface area (Å²) in [6, 6.07) is 16.6. The Morgan fingerprint density at radius 1 is 0.957 bits per heavy atom. The van der Waals surface area contributed by atoms with Crippen LogP contribution in [0.25, 0.3) is 21.1 Å². The SMILES string of the molecule is CC[C@]1(NC(=O)c2ccc3scnc3c2)C[C@H]2CN(CCc3c([nH]c4ccccc34)[C@@](C(=O)OC)(c3cc4c(cc3OC)N(C)[C@H]3[C@@](O)(C(=O)OC)[C@H](OC(C)=O)[C@]5(CC)C=CCN6CC[C@]43[C@@H]65)C2)C1. The number of fused-ring (bicyclic) bond motifs is 7. The van der Waals surface area contributed by atoms with Crippen LogP contribution < -0.4 is 15.0 Å². The quantitative estimate of drug-likeness (QED) is 0.0887. The molecule has 1 saturated carbocycles. The Balaban J connectivity index is 1.13. The molecule has 2 bridgehead atoms. The van der Waals surface area contributed by atoms with Gasteiger partial charge in [0.25, 0.3) is 5.91 Å². The van der Waals surface area contributed by atoms with Crippen molar-refractivity contribution in [2.45, 2.75) is 99.5 Å². The second-order valence-electron chi connectivity index (χ2n) is 20.7. The molecule has 70 heavy (non-hydrogen) atoms. The van der Waals surface area contributed by atoms with Gasteiger partial charge in [0.15, 0.2) is 6.10 Å². The average Bonchev–Trinajstić information content (AvgIpc) is 4.16. The van der Waals surface area contributed by atoms with E-state index in [9.17, 15) is 19.5 Å². The molecule has 11 rings (SSSR count). The van der Waals surface area contributed by atoms with E-state index in [2.05, 4.69) is 56.3 Å². The molecule has 1 aliphatic carbocycles. The summed E-state index contributed by atoms with van der Waals surface area (Å²) in [5.41, 5.74) is 1.51. The number of piperidine rings is 1. The number of nitrogens with one attached hydrogen (secondary N) is 2. The van der Waals surface area contributed by atoms with Gasteiger partial charge in [0, 0.05) is 96.5 Å². The molecule has 15 nitrogen and oxygen atoms in total. The average molecular weight is 971 g/mol. The number of anilines is 1. The van der Waals surface area contributed by atoms with Gasteiger partial charge in [-0.2, -0.15) is 0 Å². The molecule has 10 atom stereocenters. The summed E-state index contributed by atoms with van der Waals surface area (Å²) in [5.74, 6) is -1.82. The van der Waals surface area contributed by atoms with Crippen molar-refractivity contribution < 1.29 is 43.2 Å². The maximum absolute atomic E-state index is 15.8. The lowest BCUT2D eigenvalue weighted by molar-refractivity contribution is -0.228. The van der Waals surface area contributed by atoms with Crippen LogP contribution in [0.2, 0.25) is 0 Å². The second kappa shape index (κ2) is 16.6. The second-order valence-corrected chi connectivity index (χ2v) is 21.6. The molecule has 5 aliphatic heterocycles. The Labute approximate surface area is 411 Å². The number of likely N-dealkylation sites (N-methyl/N-ethyl adjacent to an activating group) is 1. The highest BCUT2D eigenvalue weighted by Gasteiger charge is 2.80. The molecule has 6 aliphatic rings. The number of hydrogen-bond donors (Lipinski definition) is 3. The fraction of sp³-hybridized carbons (Fsp3) is 0.500. The molecule has 5 aromatic rings. The number of H-pyrrole nitrogens is 1. The maximum atomic E-state index is 15.8. The van der Waals surface area contributed by atoms with Crippen molar-refractivity contribution in [1.82, 2.24) is 25.1 Å². The van der Waals surface area contributed by atoms with Gasteiger partial charge in [-0.1, -0.05) is 44.2 Å². The number of thiazole rings is 1. The van der Waals surface area contributed by atoms with E-state index in [4.69, 9.17) is 18.9 Å². The highest BCUT2D eigenvalue weighted by Crippen LogP contribution is 2.68. The number of benzene rings is 3. The third-order valence-electron chi connectivity index (χ3n) is 17.6. The predicted octanol–water partition coefficient (Wildman–Crippen LogP) is 6.04. The van der Waals surface area contributed by atoms with Gasteiger partial charge in [0.1, 0.15) is 11.2 Å². The Morgan fingerprint density at radius 2 is 1.76 bits per heavy atom. The van der Waals surface area contributed by atoms with Crippen LogP contribution in [0, 0.1) is 11.3 Å². The lowest BCUT2D eigenvalue weighted by atomic mass is 9.47. The monoisotopic (exact) mass is 970 g/mol. The van der Waals surface area contributed by atoms with Crippen LogP contribution in [0.1, 0.15) is 85.6 Å². The first-order valence-corrected chi connectivity index (χ1v) is 25.5. The van der Waals surface area contributed by atoms with E-state index >= 15 is 4.79 Å². The maximum Gasteiger partial charge on any atom is 0.344 e. The zero-order valence-electron chi connectivity index (χ0n) is 40.9. The molecule has 1 amide bonds. The van der Waals surface area contributed by atoms with Crippen molar-refractivity contribution in [3.8, 4) is 5.75 Å². The van der Waals surface area contributed by atoms with Gasteiger partial charge in [0.05, 0.1) is 48.6 Å². The van der Waals surface area contributed by atoms with Crippen LogP contribution in [0.5, 0.6) is 5.75 Å². The minimum absolute atomic E-state index is 0.139. The lowest BCUT2D eigenvalue weighted by Gasteiger charge is -2.63. The summed E-state index contributed by atoms with van der Waals surface area (Å²) in [6.45, 7) is 8.71. The van der Waals surface area contributed by atoms with Crippen LogP contribution in [0.4, 0.5) is 5.69 Å². The van der Waals surface area contributed by atoms with E-state index in [1.165, 1.54) is 32.5 Å². The number of carbonyl (C=O) groups is 4. The van der Waals surface area contributed by atoms with Crippen molar-refractivity contribution in [2.24, 2.45) is 11.3 Å². The smallest absolute Gasteiger partial charge is 0.344 e. The summed E-state index contributed by atoms with van der Waals surface area (Å²) in [5, 5.41) is 18.0. The number of esters is 3. The van der Waals surface area contributed by atoms with Crippen molar-refractivity contribution in [2.75, 3.05) is 66.0 Å². The predicted molar refractivity (Wildman–Crippen MR) is 265 cm³/mol. The van der Waals surface area contributed by atoms with Crippen LogP contribution in [-0.2, 0) is 45.8 Å². The number of methoxy groups -OCH3 is 3. The van der Waals surface area contributed by atoms with Crippen LogP contribution in [-0.4, -0.2) is 139 Å². The first kappa shape index (κ1) is 46.6. The minimum Gasteiger partial charge on any atom is -0.496 e. The van der Waals surface area contributed by atoms with Crippen molar-refractivity contribution in [1.29, 1.82) is 0 Å². The molecule has 0 radical (unpaired) electrons. The Morgan fingerprint density at radius 3 is 2.50 bits per heavy atom. The number of carbonyl (C=O) groups excluding carboxylic acids is 4. The summed E-state index contributed by atoms with van der Waals surface area (Å²) >= 11 is 1.54. The molecular formula is C54H62N6O9S.